The first kappa shape index (κ1) is 14.2. The molecular weight excluding hydrogens is 234 g/mol. The van der Waals surface area contributed by atoms with Gasteiger partial charge in [-0.1, -0.05) is 24.1 Å². The summed E-state index contributed by atoms with van der Waals surface area (Å²) in [6.45, 7) is 4.44. The summed E-state index contributed by atoms with van der Waals surface area (Å²) in [7, 11) is -3.13. The molecule has 0 fully saturated rings. The van der Waals surface area contributed by atoms with Crippen LogP contribution < -0.4 is 5.73 Å². The van der Waals surface area contributed by atoms with Crippen molar-refractivity contribution in [2.24, 2.45) is 5.73 Å². The minimum atomic E-state index is -3.13. The molecule has 0 saturated carbocycles. The highest BCUT2D eigenvalue weighted by molar-refractivity contribution is 7.91. The van der Waals surface area contributed by atoms with Gasteiger partial charge in [0.15, 0.2) is 9.84 Å². The molecule has 0 saturated heterocycles. The number of sulfone groups is 1. The molecular formula is C13H21NO2S. The standard InChI is InChI=1S/C13H21NO2S/c1-11-6-7-13(12(2)10-11)17(15,16)9-5-3-4-8-14/h6-7,10H,3-5,8-9,14H2,1-2H3. The van der Waals surface area contributed by atoms with Crippen LogP contribution in [0.1, 0.15) is 30.4 Å². The Morgan fingerprint density at radius 2 is 1.82 bits per heavy atom. The topological polar surface area (TPSA) is 60.2 Å². The summed E-state index contributed by atoms with van der Waals surface area (Å²) < 4.78 is 24.2. The van der Waals surface area contributed by atoms with E-state index in [1.54, 1.807) is 6.07 Å². The maximum absolute atomic E-state index is 12.1. The molecule has 0 amide bonds. The molecule has 0 atom stereocenters. The zero-order valence-corrected chi connectivity index (χ0v) is 11.4. The van der Waals surface area contributed by atoms with Crippen molar-refractivity contribution >= 4 is 9.84 Å². The fraction of sp³-hybridized carbons (Fsp3) is 0.538. The Kier molecular flexibility index (Phi) is 5.15. The lowest BCUT2D eigenvalue weighted by molar-refractivity contribution is 0.589. The van der Waals surface area contributed by atoms with Gasteiger partial charge in [-0.25, -0.2) is 8.42 Å². The molecule has 96 valence electrons. The Morgan fingerprint density at radius 3 is 2.41 bits per heavy atom. The minimum absolute atomic E-state index is 0.219. The Labute approximate surface area is 104 Å². The molecule has 17 heavy (non-hydrogen) atoms. The summed E-state index contributed by atoms with van der Waals surface area (Å²) in [5.74, 6) is 0.219. The second-order valence-electron chi connectivity index (χ2n) is 4.44. The van der Waals surface area contributed by atoms with Crippen LogP contribution in [0.3, 0.4) is 0 Å². The predicted molar refractivity (Wildman–Crippen MR) is 70.9 cm³/mol. The van der Waals surface area contributed by atoms with Crippen molar-refractivity contribution in [3.63, 3.8) is 0 Å². The lowest BCUT2D eigenvalue weighted by Gasteiger charge is -2.08. The van der Waals surface area contributed by atoms with Gasteiger partial charge in [-0.3, -0.25) is 0 Å². The number of rotatable bonds is 6. The van der Waals surface area contributed by atoms with Gasteiger partial charge < -0.3 is 5.73 Å². The molecule has 0 aliphatic carbocycles. The van der Waals surface area contributed by atoms with Crippen molar-refractivity contribution in [1.82, 2.24) is 0 Å². The van der Waals surface area contributed by atoms with E-state index in [0.717, 1.165) is 24.0 Å². The van der Waals surface area contributed by atoms with Gasteiger partial charge in [0.05, 0.1) is 10.6 Å². The quantitative estimate of drug-likeness (QED) is 0.793. The van der Waals surface area contributed by atoms with Crippen LogP contribution >= 0.6 is 0 Å². The third kappa shape index (κ3) is 4.13. The van der Waals surface area contributed by atoms with Crippen molar-refractivity contribution < 1.29 is 8.42 Å². The first-order chi connectivity index (χ1) is 7.97. The number of unbranched alkanes of at least 4 members (excludes halogenated alkanes) is 2. The third-order valence-electron chi connectivity index (χ3n) is 2.78. The van der Waals surface area contributed by atoms with Crippen LogP contribution in [0, 0.1) is 13.8 Å². The van der Waals surface area contributed by atoms with Gasteiger partial charge in [-0.05, 0) is 44.9 Å². The van der Waals surface area contributed by atoms with Gasteiger partial charge in [0.25, 0.3) is 0 Å². The van der Waals surface area contributed by atoms with Crippen LogP contribution in [0.2, 0.25) is 0 Å². The number of aryl methyl sites for hydroxylation is 2. The van der Waals surface area contributed by atoms with Gasteiger partial charge in [0.1, 0.15) is 0 Å². The van der Waals surface area contributed by atoms with E-state index >= 15 is 0 Å². The van der Waals surface area contributed by atoms with Crippen LogP contribution in [0.25, 0.3) is 0 Å². The molecule has 0 unspecified atom stereocenters. The molecule has 0 aliphatic heterocycles. The fourth-order valence-corrected chi connectivity index (χ4v) is 3.50. The van der Waals surface area contributed by atoms with Crippen LogP contribution in [-0.2, 0) is 9.84 Å². The number of hydrogen-bond acceptors (Lipinski definition) is 3. The van der Waals surface area contributed by atoms with Crippen molar-refractivity contribution in [2.75, 3.05) is 12.3 Å². The Bertz CT molecular complexity index is 466. The van der Waals surface area contributed by atoms with E-state index in [9.17, 15) is 8.42 Å². The molecule has 0 aliphatic rings. The van der Waals surface area contributed by atoms with Crippen LogP contribution in [0.5, 0.6) is 0 Å². The lowest BCUT2D eigenvalue weighted by atomic mass is 10.2. The lowest BCUT2D eigenvalue weighted by Crippen LogP contribution is -2.09. The summed E-state index contributed by atoms with van der Waals surface area (Å²) in [6, 6.07) is 5.47. The monoisotopic (exact) mass is 255 g/mol. The average molecular weight is 255 g/mol. The molecule has 2 N–H and O–H groups in total. The van der Waals surface area contributed by atoms with E-state index in [0.29, 0.717) is 17.9 Å². The summed E-state index contributed by atoms with van der Waals surface area (Å²) in [6.07, 6.45) is 2.45. The van der Waals surface area contributed by atoms with Gasteiger partial charge >= 0.3 is 0 Å². The predicted octanol–water partition coefficient (Wildman–Crippen LogP) is 2.21. The second kappa shape index (κ2) is 6.17. The molecule has 1 rings (SSSR count). The average Bonchev–Trinajstić information content (AvgIpc) is 2.24. The highest BCUT2D eigenvalue weighted by Gasteiger charge is 2.16. The van der Waals surface area contributed by atoms with Crippen LogP contribution in [-0.4, -0.2) is 20.7 Å². The maximum Gasteiger partial charge on any atom is 0.178 e. The third-order valence-corrected chi connectivity index (χ3v) is 4.74. The number of benzene rings is 1. The fourth-order valence-electron chi connectivity index (χ4n) is 1.87. The zero-order valence-electron chi connectivity index (χ0n) is 10.6. The normalized spacial score (nSPS) is 11.7. The van der Waals surface area contributed by atoms with Gasteiger partial charge in [-0.15, -0.1) is 0 Å². The van der Waals surface area contributed by atoms with E-state index < -0.39 is 9.84 Å². The van der Waals surface area contributed by atoms with E-state index in [-0.39, 0.29) is 5.75 Å². The van der Waals surface area contributed by atoms with Gasteiger partial charge in [-0.2, -0.15) is 0 Å². The zero-order chi connectivity index (χ0) is 12.9. The Balaban J connectivity index is 2.76. The molecule has 4 heteroatoms. The van der Waals surface area contributed by atoms with Gasteiger partial charge in [0, 0.05) is 0 Å². The summed E-state index contributed by atoms with van der Waals surface area (Å²) >= 11 is 0. The van der Waals surface area contributed by atoms with Crippen molar-refractivity contribution in [2.45, 2.75) is 38.0 Å². The largest absolute Gasteiger partial charge is 0.330 e. The SMILES string of the molecule is Cc1ccc(S(=O)(=O)CCCCCN)c(C)c1. The molecule has 1 aromatic rings. The van der Waals surface area contributed by atoms with E-state index in [1.807, 2.05) is 26.0 Å². The Morgan fingerprint density at radius 1 is 1.12 bits per heavy atom. The number of nitrogens with two attached hydrogens (primary N) is 1. The van der Waals surface area contributed by atoms with Crippen molar-refractivity contribution in [3.05, 3.63) is 29.3 Å². The van der Waals surface area contributed by atoms with Crippen molar-refractivity contribution in [3.8, 4) is 0 Å². The summed E-state index contributed by atoms with van der Waals surface area (Å²) in [5, 5.41) is 0. The van der Waals surface area contributed by atoms with E-state index in [1.165, 1.54) is 0 Å². The van der Waals surface area contributed by atoms with Gasteiger partial charge in [0.2, 0.25) is 0 Å². The first-order valence-electron chi connectivity index (χ1n) is 5.97. The molecule has 0 aromatic heterocycles. The highest BCUT2D eigenvalue weighted by Crippen LogP contribution is 2.19. The molecule has 3 nitrogen and oxygen atoms in total. The smallest absolute Gasteiger partial charge is 0.178 e. The van der Waals surface area contributed by atoms with E-state index in [4.69, 9.17) is 5.73 Å². The van der Waals surface area contributed by atoms with E-state index in [2.05, 4.69) is 0 Å². The molecule has 0 radical (unpaired) electrons. The first-order valence-corrected chi connectivity index (χ1v) is 7.62. The highest BCUT2D eigenvalue weighted by atomic mass is 32.2. The van der Waals surface area contributed by atoms with Crippen LogP contribution in [0.4, 0.5) is 0 Å². The Hall–Kier alpha value is -0.870. The minimum Gasteiger partial charge on any atom is -0.330 e. The summed E-state index contributed by atoms with van der Waals surface area (Å²) in [5.41, 5.74) is 7.31. The van der Waals surface area contributed by atoms with Crippen molar-refractivity contribution in [1.29, 1.82) is 0 Å². The number of hydrogen-bond donors (Lipinski definition) is 1. The molecule has 1 aromatic carbocycles. The summed E-state index contributed by atoms with van der Waals surface area (Å²) in [4.78, 5) is 0.468. The molecule has 0 bridgehead atoms. The molecule has 0 heterocycles. The maximum atomic E-state index is 12.1. The second-order valence-corrected chi connectivity index (χ2v) is 6.51. The molecule has 0 spiro atoms. The van der Waals surface area contributed by atoms with Crippen LogP contribution in [0.15, 0.2) is 23.1 Å².